The zero-order valence-electron chi connectivity index (χ0n) is 8.58. The van der Waals surface area contributed by atoms with Crippen LogP contribution in [0, 0.1) is 13.3 Å². The molecule has 4 nitrogen and oxygen atoms in total. The van der Waals surface area contributed by atoms with Gasteiger partial charge in [0.25, 0.3) is 0 Å². The van der Waals surface area contributed by atoms with Crippen molar-refractivity contribution in [1.82, 2.24) is 9.97 Å². The minimum atomic E-state index is 0.627. The van der Waals surface area contributed by atoms with E-state index in [-0.39, 0.29) is 0 Å². The van der Waals surface area contributed by atoms with E-state index in [1.54, 1.807) is 7.11 Å². The van der Waals surface area contributed by atoms with Gasteiger partial charge in [-0.1, -0.05) is 0 Å². The Labute approximate surface area is 83.9 Å². The Balaban J connectivity index is 2.32. The summed E-state index contributed by atoms with van der Waals surface area (Å²) in [7, 11) is 1.62. The highest BCUT2D eigenvalue weighted by Gasteiger charge is 2.17. The van der Waals surface area contributed by atoms with Crippen LogP contribution in [0.15, 0.2) is 0 Å². The number of aromatic nitrogens is 2. The molecule has 1 aromatic rings. The summed E-state index contributed by atoms with van der Waals surface area (Å²) < 4.78 is 5.14. The second-order valence-electron chi connectivity index (χ2n) is 3.48. The van der Waals surface area contributed by atoms with Crippen molar-refractivity contribution in [2.45, 2.75) is 19.8 Å². The summed E-state index contributed by atoms with van der Waals surface area (Å²) in [6.45, 7) is 4.14. The summed E-state index contributed by atoms with van der Waals surface area (Å²) in [5, 5.41) is 0. The van der Waals surface area contributed by atoms with Crippen LogP contribution in [0.4, 0.5) is 5.82 Å². The quantitative estimate of drug-likeness (QED) is 0.705. The molecule has 0 unspecified atom stereocenters. The molecule has 0 aliphatic carbocycles. The Bertz CT molecular complexity index is 321. The average Bonchev–Trinajstić information content (AvgIpc) is 2.71. The van der Waals surface area contributed by atoms with E-state index < -0.39 is 0 Å². The molecule has 0 aromatic carbocycles. The molecule has 1 aromatic heterocycles. The van der Waals surface area contributed by atoms with Crippen LogP contribution in [-0.4, -0.2) is 30.2 Å². The monoisotopic (exact) mass is 192 g/mol. The number of hydrogen-bond donors (Lipinski definition) is 0. The first-order chi connectivity index (χ1) is 6.83. The average molecular weight is 192 g/mol. The van der Waals surface area contributed by atoms with Crippen molar-refractivity contribution >= 4 is 5.82 Å². The molecule has 1 saturated heterocycles. The molecule has 0 spiro atoms. The SMILES string of the molecule is COc1n[c]nc(N2CCCC2)c1C. The molecule has 1 radical (unpaired) electrons. The van der Waals surface area contributed by atoms with Gasteiger partial charge in [0.05, 0.1) is 12.7 Å². The number of rotatable bonds is 2. The second kappa shape index (κ2) is 3.82. The summed E-state index contributed by atoms with van der Waals surface area (Å²) in [6.07, 6.45) is 5.12. The van der Waals surface area contributed by atoms with Gasteiger partial charge in [-0.15, -0.1) is 0 Å². The lowest BCUT2D eigenvalue weighted by atomic mass is 10.3. The lowest BCUT2D eigenvalue weighted by molar-refractivity contribution is 0.393. The first-order valence-corrected chi connectivity index (χ1v) is 4.86. The van der Waals surface area contributed by atoms with E-state index in [9.17, 15) is 0 Å². The van der Waals surface area contributed by atoms with Crippen molar-refractivity contribution in [2.75, 3.05) is 25.1 Å². The van der Waals surface area contributed by atoms with Gasteiger partial charge in [-0.05, 0) is 19.8 Å². The first-order valence-electron chi connectivity index (χ1n) is 4.86. The molecule has 0 atom stereocenters. The summed E-state index contributed by atoms with van der Waals surface area (Å²) in [5.74, 6) is 1.59. The molecule has 0 amide bonds. The van der Waals surface area contributed by atoms with Gasteiger partial charge in [-0.2, -0.15) is 4.98 Å². The Kier molecular flexibility index (Phi) is 2.52. The molecule has 14 heavy (non-hydrogen) atoms. The summed E-state index contributed by atoms with van der Waals surface area (Å²) >= 11 is 0. The maximum Gasteiger partial charge on any atom is 0.221 e. The van der Waals surface area contributed by atoms with Crippen LogP contribution in [0.1, 0.15) is 18.4 Å². The van der Waals surface area contributed by atoms with E-state index >= 15 is 0 Å². The largest absolute Gasteiger partial charge is 0.481 e. The van der Waals surface area contributed by atoms with E-state index in [0.29, 0.717) is 5.88 Å². The van der Waals surface area contributed by atoms with Crippen molar-refractivity contribution in [3.05, 3.63) is 11.9 Å². The molecule has 2 rings (SSSR count). The molecule has 0 bridgehead atoms. The van der Waals surface area contributed by atoms with E-state index in [0.717, 1.165) is 24.5 Å². The van der Waals surface area contributed by atoms with E-state index in [1.165, 1.54) is 12.8 Å². The maximum atomic E-state index is 5.14. The van der Waals surface area contributed by atoms with E-state index in [2.05, 4.69) is 21.2 Å². The molecule has 75 valence electrons. The molecule has 1 fully saturated rings. The Morgan fingerprint density at radius 2 is 2.00 bits per heavy atom. The Morgan fingerprint density at radius 3 is 2.64 bits per heavy atom. The Hall–Kier alpha value is -1.32. The van der Waals surface area contributed by atoms with Gasteiger partial charge < -0.3 is 9.64 Å². The lowest BCUT2D eigenvalue weighted by Crippen LogP contribution is -2.20. The van der Waals surface area contributed by atoms with Crippen molar-refractivity contribution in [1.29, 1.82) is 0 Å². The zero-order valence-corrected chi connectivity index (χ0v) is 8.58. The van der Waals surface area contributed by atoms with E-state index in [1.807, 2.05) is 6.92 Å². The first kappa shape index (κ1) is 9.24. The van der Waals surface area contributed by atoms with Gasteiger partial charge in [0.15, 0.2) is 0 Å². The van der Waals surface area contributed by atoms with Crippen molar-refractivity contribution in [2.24, 2.45) is 0 Å². The van der Waals surface area contributed by atoms with Gasteiger partial charge in [0.1, 0.15) is 5.82 Å². The van der Waals surface area contributed by atoms with Crippen molar-refractivity contribution < 1.29 is 4.74 Å². The van der Waals surface area contributed by atoms with Crippen LogP contribution in [-0.2, 0) is 0 Å². The third-order valence-corrected chi connectivity index (χ3v) is 2.56. The fraction of sp³-hybridized carbons (Fsp3) is 0.600. The third kappa shape index (κ3) is 1.52. The summed E-state index contributed by atoms with van der Waals surface area (Å²) in [4.78, 5) is 10.4. The summed E-state index contributed by atoms with van der Waals surface area (Å²) in [5.41, 5.74) is 1.01. The number of methoxy groups -OCH3 is 1. The number of hydrogen-bond acceptors (Lipinski definition) is 4. The number of nitrogens with zero attached hydrogens (tertiary/aromatic N) is 3. The number of ether oxygens (including phenoxy) is 1. The maximum absolute atomic E-state index is 5.14. The zero-order chi connectivity index (χ0) is 9.97. The van der Waals surface area contributed by atoms with E-state index in [4.69, 9.17) is 4.74 Å². The highest BCUT2D eigenvalue weighted by Crippen LogP contribution is 2.25. The normalized spacial score (nSPS) is 16.0. The molecule has 4 heteroatoms. The van der Waals surface area contributed by atoms with Gasteiger partial charge in [-0.3, -0.25) is 0 Å². The topological polar surface area (TPSA) is 38.3 Å². The second-order valence-corrected chi connectivity index (χ2v) is 3.48. The molecular formula is C10H14N3O. The van der Waals surface area contributed by atoms with Crippen LogP contribution >= 0.6 is 0 Å². The van der Waals surface area contributed by atoms with Crippen LogP contribution < -0.4 is 9.64 Å². The van der Waals surface area contributed by atoms with Crippen LogP contribution in [0.2, 0.25) is 0 Å². The molecule has 2 heterocycles. The molecular weight excluding hydrogens is 178 g/mol. The van der Waals surface area contributed by atoms with Gasteiger partial charge in [0, 0.05) is 13.1 Å². The minimum Gasteiger partial charge on any atom is -0.481 e. The Morgan fingerprint density at radius 1 is 1.29 bits per heavy atom. The molecule has 0 N–H and O–H groups in total. The smallest absolute Gasteiger partial charge is 0.221 e. The van der Waals surface area contributed by atoms with Gasteiger partial charge in [-0.25, -0.2) is 4.98 Å². The highest BCUT2D eigenvalue weighted by molar-refractivity contribution is 5.50. The van der Waals surface area contributed by atoms with Crippen LogP contribution in [0.5, 0.6) is 5.88 Å². The van der Waals surface area contributed by atoms with Gasteiger partial charge in [0.2, 0.25) is 12.2 Å². The standard InChI is InChI=1S/C10H14N3O/c1-8-9(13-5-3-4-6-13)11-7-12-10(8)14-2/h3-6H2,1-2H3. The molecule has 1 aliphatic heterocycles. The van der Waals surface area contributed by atoms with Crippen LogP contribution in [0.25, 0.3) is 0 Å². The number of anilines is 1. The van der Waals surface area contributed by atoms with Gasteiger partial charge >= 0.3 is 0 Å². The van der Waals surface area contributed by atoms with Crippen molar-refractivity contribution in [3.8, 4) is 5.88 Å². The fourth-order valence-corrected chi connectivity index (χ4v) is 1.82. The summed E-state index contributed by atoms with van der Waals surface area (Å²) in [6, 6.07) is 0. The molecule has 0 saturated carbocycles. The van der Waals surface area contributed by atoms with Crippen LogP contribution in [0.3, 0.4) is 0 Å². The van der Waals surface area contributed by atoms with Crippen molar-refractivity contribution in [3.63, 3.8) is 0 Å². The minimum absolute atomic E-state index is 0.627. The predicted molar refractivity (Wildman–Crippen MR) is 53.6 cm³/mol. The highest BCUT2D eigenvalue weighted by atomic mass is 16.5. The predicted octanol–water partition coefficient (Wildman–Crippen LogP) is 1.19. The lowest BCUT2D eigenvalue weighted by Gasteiger charge is -2.18. The molecule has 1 aliphatic rings. The fourth-order valence-electron chi connectivity index (χ4n) is 1.82. The third-order valence-electron chi connectivity index (χ3n) is 2.56.